The lowest BCUT2D eigenvalue weighted by atomic mass is 10.1. The summed E-state index contributed by atoms with van der Waals surface area (Å²) >= 11 is 0. The molecule has 180 valence electrons. The summed E-state index contributed by atoms with van der Waals surface area (Å²) in [5.74, 6) is -3.60. The Labute approximate surface area is 194 Å². The number of carbonyl (C=O) groups is 1. The minimum Gasteiger partial charge on any atom is -0.493 e. The molecule has 11 heteroatoms. The van der Waals surface area contributed by atoms with E-state index in [-0.39, 0.29) is 28.3 Å². The molecule has 0 saturated heterocycles. The third kappa shape index (κ3) is 5.25. The fourth-order valence-corrected chi connectivity index (χ4v) is 4.10. The molecule has 0 spiro atoms. The lowest BCUT2D eigenvalue weighted by Gasteiger charge is -2.26. The van der Waals surface area contributed by atoms with E-state index in [1.165, 1.54) is 50.6 Å². The zero-order valence-corrected chi connectivity index (χ0v) is 19.3. The number of nitrogens with one attached hydrogen (secondary N) is 1. The number of methoxy groups -OCH3 is 2. The minimum atomic E-state index is -4.08. The lowest BCUT2D eigenvalue weighted by Crippen LogP contribution is -2.32. The lowest BCUT2D eigenvalue weighted by molar-refractivity contribution is 0.102. The predicted octanol–water partition coefficient (Wildman–Crippen LogP) is 4.34. The van der Waals surface area contributed by atoms with Gasteiger partial charge in [-0.25, -0.2) is 21.6 Å². The van der Waals surface area contributed by atoms with E-state index < -0.39 is 45.6 Å². The van der Waals surface area contributed by atoms with E-state index >= 15 is 0 Å². The molecule has 0 atom stereocenters. The van der Waals surface area contributed by atoms with Gasteiger partial charge < -0.3 is 14.8 Å². The molecule has 1 amide bonds. The first-order valence-corrected chi connectivity index (χ1v) is 11.6. The van der Waals surface area contributed by atoms with E-state index in [9.17, 15) is 26.4 Å². The van der Waals surface area contributed by atoms with Gasteiger partial charge in [-0.3, -0.25) is 9.10 Å². The zero-order chi connectivity index (χ0) is 25.0. The normalized spacial score (nSPS) is 11.1. The van der Waals surface area contributed by atoms with Gasteiger partial charge in [0.15, 0.2) is 11.5 Å². The maximum Gasteiger partial charge on any atom is 0.258 e. The molecule has 0 heterocycles. The predicted molar refractivity (Wildman–Crippen MR) is 121 cm³/mol. The Morgan fingerprint density at radius 3 is 2.03 bits per heavy atom. The molecule has 7 nitrogen and oxygen atoms in total. The highest BCUT2D eigenvalue weighted by Crippen LogP contribution is 2.37. The summed E-state index contributed by atoms with van der Waals surface area (Å²) in [4.78, 5) is 13.1. The molecule has 0 aromatic heterocycles. The number of carbonyl (C=O) groups excluding carboxylic acids is 1. The van der Waals surface area contributed by atoms with Crippen molar-refractivity contribution in [3.63, 3.8) is 0 Å². The van der Waals surface area contributed by atoms with Gasteiger partial charge in [-0.15, -0.1) is 0 Å². The van der Waals surface area contributed by atoms with Gasteiger partial charge in [0.2, 0.25) is 10.0 Å². The molecule has 0 aliphatic heterocycles. The smallest absolute Gasteiger partial charge is 0.258 e. The van der Waals surface area contributed by atoms with Gasteiger partial charge in [0.05, 0.1) is 38.3 Å². The number of anilines is 2. The van der Waals surface area contributed by atoms with Crippen molar-refractivity contribution in [2.75, 3.05) is 30.1 Å². The topological polar surface area (TPSA) is 84.9 Å². The molecule has 1 N–H and O–H groups in total. The van der Waals surface area contributed by atoms with Crippen molar-refractivity contribution in [2.45, 2.75) is 6.54 Å². The monoisotopic (exact) mass is 494 g/mol. The van der Waals surface area contributed by atoms with Crippen LogP contribution in [0.2, 0.25) is 0 Å². The summed E-state index contributed by atoms with van der Waals surface area (Å²) < 4.78 is 79.2. The number of ether oxygens (including phenoxy) is 2. The molecule has 3 aromatic carbocycles. The molecule has 0 aliphatic carbocycles. The third-order valence-electron chi connectivity index (χ3n) is 4.89. The molecule has 0 radical (unpaired) electrons. The summed E-state index contributed by atoms with van der Waals surface area (Å²) in [6.45, 7) is -0.463. The SMILES string of the molecule is COc1cc(C(=O)Nc2c(F)cccc2F)c(N(Cc2ccccc2F)S(C)(=O)=O)cc1OC. The number of rotatable bonds is 8. The number of hydrogen-bond donors (Lipinski definition) is 1. The molecule has 34 heavy (non-hydrogen) atoms. The molecule has 0 fully saturated rings. The van der Waals surface area contributed by atoms with Gasteiger partial charge >= 0.3 is 0 Å². The van der Waals surface area contributed by atoms with Gasteiger partial charge in [-0.05, 0) is 24.3 Å². The molecule has 0 saturated carbocycles. The maximum absolute atomic E-state index is 14.3. The summed E-state index contributed by atoms with van der Waals surface area (Å²) in [6, 6.07) is 11.0. The Morgan fingerprint density at radius 1 is 0.912 bits per heavy atom. The average molecular weight is 494 g/mol. The standard InChI is InChI=1S/C23H21F3N2O5S/c1-32-20-11-15(23(29)27-22-17(25)9-6-10-18(22)26)19(12-21(20)33-2)28(34(3,30)31)13-14-7-4-5-8-16(14)24/h4-12H,13H2,1-3H3,(H,27,29). The van der Waals surface area contributed by atoms with Crippen LogP contribution in [-0.2, 0) is 16.6 Å². The van der Waals surface area contributed by atoms with Gasteiger partial charge in [0.25, 0.3) is 5.91 Å². The van der Waals surface area contributed by atoms with Crippen molar-refractivity contribution < 1.29 is 35.9 Å². The first kappa shape index (κ1) is 24.9. The third-order valence-corrected chi connectivity index (χ3v) is 6.02. The average Bonchev–Trinajstić information content (AvgIpc) is 2.79. The van der Waals surface area contributed by atoms with Gasteiger partial charge in [-0.1, -0.05) is 24.3 Å². The summed E-state index contributed by atoms with van der Waals surface area (Å²) in [5, 5.41) is 2.12. The number of para-hydroxylation sites is 1. The van der Waals surface area contributed by atoms with E-state index in [0.29, 0.717) is 0 Å². The Bertz CT molecular complexity index is 1310. The number of halogens is 3. The van der Waals surface area contributed by atoms with E-state index in [4.69, 9.17) is 9.47 Å². The molecule has 0 aliphatic rings. The molecular weight excluding hydrogens is 473 g/mol. The van der Waals surface area contributed by atoms with Crippen LogP contribution in [0.3, 0.4) is 0 Å². The van der Waals surface area contributed by atoms with Crippen LogP contribution in [0.1, 0.15) is 15.9 Å². The van der Waals surface area contributed by atoms with Crippen molar-refractivity contribution in [1.82, 2.24) is 0 Å². The Morgan fingerprint density at radius 2 is 1.47 bits per heavy atom. The highest BCUT2D eigenvalue weighted by atomic mass is 32.2. The van der Waals surface area contributed by atoms with Crippen LogP contribution in [0.15, 0.2) is 54.6 Å². The van der Waals surface area contributed by atoms with E-state index in [0.717, 1.165) is 28.8 Å². The molecule has 0 bridgehead atoms. The quantitative estimate of drug-likeness (QED) is 0.504. The second-order valence-electron chi connectivity index (χ2n) is 7.14. The van der Waals surface area contributed by atoms with Crippen LogP contribution >= 0.6 is 0 Å². The van der Waals surface area contributed by atoms with Crippen LogP contribution in [0.4, 0.5) is 24.5 Å². The van der Waals surface area contributed by atoms with Gasteiger partial charge in [0.1, 0.15) is 23.1 Å². The second kappa shape index (κ2) is 10.0. The van der Waals surface area contributed by atoms with Crippen LogP contribution in [0, 0.1) is 17.5 Å². The Hall–Kier alpha value is -3.73. The zero-order valence-electron chi connectivity index (χ0n) is 18.4. The van der Waals surface area contributed by atoms with Crippen molar-refractivity contribution in [3.05, 3.63) is 83.2 Å². The van der Waals surface area contributed by atoms with Crippen molar-refractivity contribution in [1.29, 1.82) is 0 Å². The number of nitrogens with zero attached hydrogens (tertiary/aromatic N) is 1. The Balaban J connectivity index is 2.19. The summed E-state index contributed by atoms with van der Waals surface area (Å²) in [7, 11) is -1.48. The van der Waals surface area contributed by atoms with Crippen molar-refractivity contribution >= 4 is 27.3 Å². The van der Waals surface area contributed by atoms with Gasteiger partial charge in [0, 0.05) is 11.6 Å². The highest BCUT2D eigenvalue weighted by Gasteiger charge is 2.28. The highest BCUT2D eigenvalue weighted by molar-refractivity contribution is 7.92. The molecule has 0 unspecified atom stereocenters. The van der Waals surface area contributed by atoms with Crippen LogP contribution in [0.25, 0.3) is 0 Å². The van der Waals surface area contributed by atoms with E-state index in [2.05, 4.69) is 5.32 Å². The van der Waals surface area contributed by atoms with E-state index in [1.54, 1.807) is 0 Å². The molecule has 3 rings (SSSR count). The largest absolute Gasteiger partial charge is 0.493 e. The van der Waals surface area contributed by atoms with Crippen LogP contribution in [-0.4, -0.2) is 34.8 Å². The number of amides is 1. The number of sulfonamides is 1. The second-order valence-corrected chi connectivity index (χ2v) is 9.04. The van der Waals surface area contributed by atoms with Crippen molar-refractivity contribution in [2.24, 2.45) is 0 Å². The Kier molecular flexibility index (Phi) is 7.35. The minimum absolute atomic E-state index is 0.0363. The number of hydrogen-bond acceptors (Lipinski definition) is 5. The van der Waals surface area contributed by atoms with Crippen LogP contribution < -0.4 is 19.1 Å². The molecule has 3 aromatic rings. The van der Waals surface area contributed by atoms with Crippen molar-refractivity contribution in [3.8, 4) is 11.5 Å². The first-order chi connectivity index (χ1) is 16.1. The molecular formula is C23H21F3N2O5S. The van der Waals surface area contributed by atoms with E-state index in [1.807, 2.05) is 0 Å². The van der Waals surface area contributed by atoms with Crippen LogP contribution in [0.5, 0.6) is 11.5 Å². The van der Waals surface area contributed by atoms with Gasteiger partial charge in [-0.2, -0.15) is 0 Å². The fourth-order valence-electron chi connectivity index (χ4n) is 3.22. The fraction of sp³-hybridized carbons (Fsp3) is 0.174. The maximum atomic E-state index is 14.3. The first-order valence-electron chi connectivity index (χ1n) is 9.79. The number of benzene rings is 3. The summed E-state index contributed by atoms with van der Waals surface area (Å²) in [6.07, 6.45) is 0.878. The summed E-state index contributed by atoms with van der Waals surface area (Å²) in [5.41, 5.74) is -1.19.